The number of nitrogens with zero attached hydrogens (tertiary/aromatic N) is 3. The van der Waals surface area contributed by atoms with Crippen LogP contribution < -0.4 is 0 Å². The molecule has 0 aliphatic carbocycles. The van der Waals surface area contributed by atoms with Crippen LogP contribution in [0.5, 0.6) is 0 Å². The summed E-state index contributed by atoms with van der Waals surface area (Å²) in [5.41, 5.74) is 2.59. The van der Waals surface area contributed by atoms with Crippen molar-refractivity contribution < 1.29 is 17.9 Å². The Morgan fingerprint density at radius 1 is 1.07 bits per heavy atom. The normalized spacial score (nSPS) is 25.0. The Kier molecular flexibility index (Phi) is 6.24. The van der Waals surface area contributed by atoms with Gasteiger partial charge in [-0.1, -0.05) is 24.3 Å². The fourth-order valence-electron chi connectivity index (χ4n) is 4.95. The van der Waals surface area contributed by atoms with Gasteiger partial charge in [-0.05, 0) is 30.4 Å². The van der Waals surface area contributed by atoms with Crippen LogP contribution in [0.3, 0.4) is 0 Å². The third-order valence-corrected chi connectivity index (χ3v) is 7.85. The van der Waals surface area contributed by atoms with Crippen molar-refractivity contribution in [1.82, 2.24) is 14.1 Å². The number of hydrogen-bond acceptors (Lipinski definition) is 5. The number of benzene rings is 1. The van der Waals surface area contributed by atoms with Crippen molar-refractivity contribution in [2.45, 2.75) is 37.8 Å². The van der Waals surface area contributed by atoms with Gasteiger partial charge in [0, 0.05) is 51.2 Å². The number of piperidine rings is 1. The monoisotopic (exact) mass is 421 g/mol. The summed E-state index contributed by atoms with van der Waals surface area (Å²) in [6.45, 7) is 4.60. The number of carbonyl (C=O) groups excluding carboxylic acids is 1. The molecule has 3 aliphatic heterocycles. The maximum Gasteiger partial charge on any atom is 0.224 e. The van der Waals surface area contributed by atoms with Gasteiger partial charge in [0.1, 0.15) is 0 Å². The van der Waals surface area contributed by atoms with Gasteiger partial charge in [0.25, 0.3) is 0 Å². The van der Waals surface area contributed by atoms with E-state index < -0.39 is 10.0 Å². The van der Waals surface area contributed by atoms with Gasteiger partial charge in [0.2, 0.25) is 15.9 Å². The molecule has 0 N–H and O–H groups in total. The number of fused-ring (bicyclic) bond motifs is 1. The maximum atomic E-state index is 13.0. The fraction of sp³-hybridized carbons (Fsp3) is 0.667. The van der Waals surface area contributed by atoms with E-state index >= 15 is 0 Å². The molecule has 8 heteroatoms. The number of rotatable bonds is 4. The highest BCUT2D eigenvalue weighted by Crippen LogP contribution is 2.36. The van der Waals surface area contributed by atoms with E-state index in [1.807, 2.05) is 4.90 Å². The first-order valence-corrected chi connectivity index (χ1v) is 12.4. The lowest BCUT2D eigenvalue weighted by Gasteiger charge is -2.45. The molecule has 4 rings (SSSR count). The topological polar surface area (TPSA) is 70.2 Å². The summed E-state index contributed by atoms with van der Waals surface area (Å²) in [5.74, 6) is 0.188. The molecule has 29 heavy (non-hydrogen) atoms. The third kappa shape index (κ3) is 4.66. The first-order valence-electron chi connectivity index (χ1n) is 10.6. The first kappa shape index (κ1) is 20.8. The van der Waals surface area contributed by atoms with Crippen molar-refractivity contribution in [2.24, 2.45) is 0 Å². The van der Waals surface area contributed by atoms with Crippen LogP contribution in [0.15, 0.2) is 24.3 Å². The van der Waals surface area contributed by atoms with Crippen LogP contribution in [0, 0.1) is 0 Å². The second-order valence-electron chi connectivity index (χ2n) is 8.29. The zero-order valence-corrected chi connectivity index (χ0v) is 17.9. The highest BCUT2D eigenvalue weighted by atomic mass is 32.2. The highest BCUT2D eigenvalue weighted by molar-refractivity contribution is 7.88. The van der Waals surface area contributed by atoms with E-state index in [0.717, 1.165) is 25.8 Å². The second kappa shape index (κ2) is 8.71. The number of hydrogen-bond donors (Lipinski definition) is 0. The Balaban J connectivity index is 1.52. The van der Waals surface area contributed by atoms with Crippen LogP contribution in [0.4, 0.5) is 0 Å². The third-order valence-electron chi connectivity index (χ3n) is 6.55. The summed E-state index contributed by atoms with van der Waals surface area (Å²) < 4.78 is 30.7. The zero-order valence-electron chi connectivity index (χ0n) is 17.1. The number of carbonyl (C=O) groups is 1. The molecular weight excluding hydrogens is 390 g/mol. The molecule has 2 fully saturated rings. The van der Waals surface area contributed by atoms with Gasteiger partial charge in [-0.3, -0.25) is 9.69 Å². The Hall–Kier alpha value is -1.48. The molecule has 2 saturated heterocycles. The number of morpholine rings is 1. The molecule has 1 aromatic carbocycles. The van der Waals surface area contributed by atoms with E-state index in [0.29, 0.717) is 51.9 Å². The summed E-state index contributed by atoms with van der Waals surface area (Å²) in [6.07, 6.45) is 4.37. The highest BCUT2D eigenvalue weighted by Gasteiger charge is 2.37. The maximum absolute atomic E-state index is 13.0. The quantitative estimate of drug-likeness (QED) is 0.732. The minimum atomic E-state index is -3.13. The molecule has 0 saturated carbocycles. The molecule has 160 valence electrons. The Morgan fingerprint density at radius 2 is 1.76 bits per heavy atom. The zero-order chi connectivity index (χ0) is 20.4. The van der Waals surface area contributed by atoms with Gasteiger partial charge >= 0.3 is 0 Å². The van der Waals surface area contributed by atoms with Crippen molar-refractivity contribution in [3.63, 3.8) is 0 Å². The van der Waals surface area contributed by atoms with Gasteiger partial charge in [-0.15, -0.1) is 0 Å². The molecule has 3 heterocycles. The number of sulfonamides is 1. The SMILES string of the molecule is CS(=O)(=O)N1CCC(N2CCc3ccccc3C2CC(=O)N2CCOCC2)CC1. The average Bonchev–Trinajstić information content (AvgIpc) is 2.74. The molecule has 3 aliphatic rings. The lowest BCUT2D eigenvalue weighted by Crippen LogP contribution is -2.50. The van der Waals surface area contributed by atoms with Gasteiger partial charge < -0.3 is 9.64 Å². The molecular formula is C21H31N3O4S. The van der Waals surface area contributed by atoms with Gasteiger partial charge in [-0.25, -0.2) is 12.7 Å². The molecule has 7 nitrogen and oxygen atoms in total. The summed E-state index contributed by atoms with van der Waals surface area (Å²) in [6, 6.07) is 8.82. The Bertz CT molecular complexity index is 830. The summed E-state index contributed by atoms with van der Waals surface area (Å²) >= 11 is 0. The van der Waals surface area contributed by atoms with E-state index in [9.17, 15) is 13.2 Å². The number of ether oxygens (including phenoxy) is 1. The van der Waals surface area contributed by atoms with E-state index in [1.54, 1.807) is 4.31 Å². The van der Waals surface area contributed by atoms with E-state index in [2.05, 4.69) is 29.2 Å². The minimum absolute atomic E-state index is 0.0603. The largest absolute Gasteiger partial charge is 0.378 e. The van der Waals surface area contributed by atoms with Crippen LogP contribution in [-0.2, 0) is 26.0 Å². The predicted molar refractivity (Wildman–Crippen MR) is 111 cm³/mol. The first-order chi connectivity index (χ1) is 13.9. The van der Waals surface area contributed by atoms with Crippen LogP contribution in [0.1, 0.15) is 36.4 Å². The summed E-state index contributed by atoms with van der Waals surface area (Å²) in [5, 5.41) is 0. The van der Waals surface area contributed by atoms with Gasteiger partial charge in [0.05, 0.1) is 19.5 Å². The molecule has 1 unspecified atom stereocenters. The van der Waals surface area contributed by atoms with Crippen LogP contribution >= 0.6 is 0 Å². The predicted octanol–water partition coefficient (Wildman–Crippen LogP) is 1.26. The van der Waals surface area contributed by atoms with Crippen molar-refractivity contribution in [3.8, 4) is 0 Å². The molecule has 1 atom stereocenters. The lowest BCUT2D eigenvalue weighted by atomic mass is 9.87. The van der Waals surface area contributed by atoms with E-state index in [4.69, 9.17) is 4.74 Å². The second-order valence-corrected chi connectivity index (χ2v) is 10.3. The Labute approximate surface area is 173 Å². The van der Waals surface area contributed by atoms with Crippen molar-refractivity contribution in [2.75, 3.05) is 52.2 Å². The molecule has 0 spiro atoms. The lowest BCUT2D eigenvalue weighted by molar-refractivity contribution is -0.137. The smallest absolute Gasteiger partial charge is 0.224 e. The van der Waals surface area contributed by atoms with Crippen LogP contribution in [0.2, 0.25) is 0 Å². The molecule has 0 aromatic heterocycles. The van der Waals surface area contributed by atoms with Crippen molar-refractivity contribution in [3.05, 3.63) is 35.4 Å². The van der Waals surface area contributed by atoms with Crippen molar-refractivity contribution in [1.29, 1.82) is 0 Å². The minimum Gasteiger partial charge on any atom is -0.378 e. The van der Waals surface area contributed by atoms with Gasteiger partial charge in [0.15, 0.2) is 0 Å². The Morgan fingerprint density at radius 3 is 2.45 bits per heavy atom. The van der Waals surface area contributed by atoms with Crippen molar-refractivity contribution >= 4 is 15.9 Å². The van der Waals surface area contributed by atoms with Crippen LogP contribution in [-0.4, -0.2) is 86.7 Å². The summed E-state index contributed by atoms with van der Waals surface area (Å²) in [7, 11) is -3.13. The molecule has 1 amide bonds. The van der Waals surface area contributed by atoms with E-state index in [-0.39, 0.29) is 11.9 Å². The molecule has 0 radical (unpaired) electrons. The van der Waals surface area contributed by atoms with E-state index in [1.165, 1.54) is 17.4 Å². The summed E-state index contributed by atoms with van der Waals surface area (Å²) in [4.78, 5) is 17.4. The fourth-order valence-corrected chi connectivity index (χ4v) is 5.82. The standard InChI is InChI=1S/C21H31N3O4S/c1-29(26,27)23-9-7-18(8-10-23)24-11-6-17-4-2-3-5-19(17)20(24)16-21(25)22-12-14-28-15-13-22/h2-5,18,20H,6-16H2,1H3. The average molecular weight is 422 g/mol. The molecule has 0 bridgehead atoms. The number of amides is 1. The van der Waals surface area contributed by atoms with Gasteiger partial charge in [-0.2, -0.15) is 0 Å². The molecule has 1 aromatic rings. The van der Waals surface area contributed by atoms with Crippen LogP contribution in [0.25, 0.3) is 0 Å².